The Kier molecular flexibility index (Phi) is 23.3. The van der Waals surface area contributed by atoms with Crippen molar-refractivity contribution in [1.82, 2.24) is 0 Å². The fourth-order valence-corrected chi connectivity index (χ4v) is 6.10. The number of nitriles is 1. The van der Waals surface area contributed by atoms with E-state index in [1.54, 1.807) is 6.92 Å². The first-order valence-corrected chi connectivity index (χ1v) is 19.4. The number of carbonyl (C=O) groups excluding carboxylic acids is 2. The average Bonchev–Trinajstić information content (AvgIpc) is 3.48. The molecule has 2 rings (SSSR count). The lowest BCUT2D eigenvalue weighted by atomic mass is 10.0. The predicted molar refractivity (Wildman–Crippen MR) is 210 cm³/mol. The molecule has 1 aromatic heterocycles. The van der Waals surface area contributed by atoms with Crippen molar-refractivity contribution in [2.45, 2.75) is 79.2 Å². The Morgan fingerprint density at radius 3 is 2.19 bits per heavy atom. The topological polar surface area (TPSA) is 146 Å². The smallest absolute Gasteiger partial charge is 0.309 e. The van der Waals surface area contributed by atoms with Gasteiger partial charge in [-0.2, -0.15) is 15.5 Å². The summed E-state index contributed by atoms with van der Waals surface area (Å²) in [5.74, 6) is -1.43. The van der Waals surface area contributed by atoms with Gasteiger partial charge in [-0.15, -0.1) is 11.3 Å². The molecule has 296 valence electrons. The van der Waals surface area contributed by atoms with Crippen LogP contribution in [0.5, 0.6) is 0 Å². The molecule has 0 saturated carbocycles. The third-order valence-corrected chi connectivity index (χ3v) is 9.36. The largest absolute Gasteiger partial charge is 0.469 e. The Morgan fingerprint density at radius 2 is 1.61 bits per heavy atom. The molecule has 0 saturated heterocycles. The van der Waals surface area contributed by atoms with Crippen molar-refractivity contribution in [2.24, 2.45) is 16.1 Å². The van der Waals surface area contributed by atoms with Crippen LogP contribution < -0.4 is 4.90 Å². The van der Waals surface area contributed by atoms with Gasteiger partial charge in [0.05, 0.1) is 89.4 Å². The van der Waals surface area contributed by atoms with Crippen molar-refractivity contribution in [3.63, 3.8) is 0 Å². The van der Waals surface area contributed by atoms with E-state index in [2.05, 4.69) is 59.0 Å². The summed E-state index contributed by atoms with van der Waals surface area (Å²) in [7, 11) is 1.32. The summed E-state index contributed by atoms with van der Waals surface area (Å²) in [5, 5.41) is 18.4. The minimum absolute atomic E-state index is 0.0300. The Morgan fingerprint density at radius 1 is 0.963 bits per heavy atom. The molecule has 0 fully saturated rings. The summed E-state index contributed by atoms with van der Waals surface area (Å²) >= 11 is 1.18. The van der Waals surface area contributed by atoms with Gasteiger partial charge in [-0.1, -0.05) is 31.9 Å². The second kappa shape index (κ2) is 27.4. The molecule has 0 aliphatic heterocycles. The number of ether oxygens (including phenoxy) is 6. The fourth-order valence-electron chi connectivity index (χ4n) is 5.23. The number of azo groups is 1. The summed E-state index contributed by atoms with van der Waals surface area (Å²) in [6.45, 7) is 21.7. The number of unbranched alkanes of at least 4 members (excludes halogenated alkanes) is 3. The Balaban J connectivity index is 1.55. The highest BCUT2D eigenvalue weighted by Crippen LogP contribution is 2.42. The van der Waals surface area contributed by atoms with Crippen LogP contribution in [0.4, 0.5) is 22.1 Å². The maximum absolute atomic E-state index is 12.2. The minimum atomic E-state index is -0.556. The normalized spacial score (nSPS) is 11.9. The van der Waals surface area contributed by atoms with Crippen molar-refractivity contribution < 1.29 is 38.0 Å². The van der Waals surface area contributed by atoms with Crippen LogP contribution in [0.25, 0.3) is 4.85 Å². The van der Waals surface area contributed by atoms with Gasteiger partial charge >= 0.3 is 11.9 Å². The number of carbonyl (C=O) groups is 2. The molecule has 1 unspecified atom stereocenters. The van der Waals surface area contributed by atoms with Crippen molar-refractivity contribution in [2.75, 3.05) is 78.0 Å². The van der Waals surface area contributed by atoms with Crippen LogP contribution in [0.2, 0.25) is 0 Å². The van der Waals surface area contributed by atoms with E-state index in [9.17, 15) is 14.9 Å². The van der Waals surface area contributed by atoms with Gasteiger partial charge in [0.25, 0.3) is 0 Å². The molecule has 0 aliphatic carbocycles. The molecule has 0 spiro atoms. The first kappa shape index (κ1) is 46.0. The molecule has 14 heteroatoms. The first-order chi connectivity index (χ1) is 26.2. The van der Waals surface area contributed by atoms with Gasteiger partial charge in [0.1, 0.15) is 17.7 Å². The molecule has 1 aromatic carbocycles. The van der Waals surface area contributed by atoms with E-state index < -0.39 is 17.9 Å². The lowest BCUT2D eigenvalue weighted by Crippen LogP contribution is -2.34. The van der Waals surface area contributed by atoms with Gasteiger partial charge in [0.15, 0.2) is 0 Å². The summed E-state index contributed by atoms with van der Waals surface area (Å²) in [5.41, 5.74) is 3.71. The van der Waals surface area contributed by atoms with E-state index in [-0.39, 0.29) is 25.7 Å². The summed E-state index contributed by atoms with van der Waals surface area (Å²) in [4.78, 5) is 30.5. The van der Waals surface area contributed by atoms with Crippen molar-refractivity contribution >= 4 is 45.3 Å². The van der Waals surface area contributed by atoms with Crippen LogP contribution in [0.1, 0.15) is 75.3 Å². The van der Waals surface area contributed by atoms with Crippen LogP contribution in [0.15, 0.2) is 40.6 Å². The van der Waals surface area contributed by atoms with Crippen LogP contribution in [-0.4, -0.2) is 91.1 Å². The van der Waals surface area contributed by atoms with Gasteiger partial charge < -0.3 is 33.3 Å². The summed E-state index contributed by atoms with van der Waals surface area (Å²) in [6.07, 6.45) is 8.80. The van der Waals surface area contributed by atoms with Gasteiger partial charge in [0.2, 0.25) is 5.69 Å². The van der Waals surface area contributed by atoms with E-state index in [1.807, 2.05) is 25.1 Å². The summed E-state index contributed by atoms with van der Waals surface area (Å²) < 4.78 is 32.5. The number of allylic oxidation sites excluding steroid dienone is 2. The van der Waals surface area contributed by atoms with E-state index in [1.165, 1.54) is 24.9 Å². The fraction of sp³-hybridized carbons (Fsp3) is 0.600. The first-order valence-electron chi connectivity index (χ1n) is 18.6. The van der Waals surface area contributed by atoms with Crippen molar-refractivity contribution in [3.05, 3.63) is 57.8 Å². The number of thiophene rings is 1. The van der Waals surface area contributed by atoms with Crippen LogP contribution in [-0.2, 0) is 38.0 Å². The Bertz CT molecular complexity index is 1560. The number of benzene rings is 1. The Hall–Kier alpha value is -4.18. The molecular formula is C40H57N5O8S. The van der Waals surface area contributed by atoms with Gasteiger partial charge in [-0.25, -0.2) is 4.85 Å². The zero-order chi connectivity index (χ0) is 39.6. The van der Waals surface area contributed by atoms with E-state index in [0.717, 1.165) is 30.5 Å². The summed E-state index contributed by atoms with van der Waals surface area (Å²) in [6, 6.07) is 8.34. The lowest BCUT2D eigenvalue weighted by Gasteiger charge is -2.29. The van der Waals surface area contributed by atoms with Gasteiger partial charge in [-0.05, 0) is 76.3 Å². The second-order valence-electron chi connectivity index (χ2n) is 12.7. The average molecular weight is 768 g/mol. The van der Waals surface area contributed by atoms with Crippen molar-refractivity contribution in [1.29, 1.82) is 5.26 Å². The highest BCUT2D eigenvalue weighted by Gasteiger charge is 2.22. The van der Waals surface area contributed by atoms with Crippen molar-refractivity contribution in [3.8, 4) is 6.07 Å². The predicted octanol–water partition coefficient (Wildman–Crippen LogP) is 8.73. The molecule has 13 nitrogen and oxygen atoms in total. The molecule has 0 radical (unpaired) electrons. The number of hydrogen-bond acceptors (Lipinski definition) is 13. The molecule has 0 N–H and O–H groups in total. The van der Waals surface area contributed by atoms with Crippen LogP contribution in [0, 0.1) is 37.7 Å². The molecule has 0 aliphatic rings. The number of esters is 2. The van der Waals surface area contributed by atoms with E-state index in [4.69, 9.17) is 35.0 Å². The Labute approximate surface area is 325 Å². The molecule has 1 heterocycles. The van der Waals surface area contributed by atoms with Gasteiger partial charge in [-0.3, -0.25) is 9.59 Å². The molecule has 54 heavy (non-hydrogen) atoms. The maximum Gasteiger partial charge on any atom is 0.309 e. The quantitative estimate of drug-likeness (QED) is 0.0271. The number of hydrogen-bond donors (Lipinski definition) is 0. The third-order valence-electron chi connectivity index (χ3n) is 8.29. The standard InChI is InChI=1S/C40H57N5O8S/c1-8-9-10-11-12-13-14-33(40(47)48-7)28-37(46)53-26-25-52-24-23-51-22-21-50-20-19-49-18-17-45(30(2)3)34-15-16-35(31(4)27-34)43-44-39-38(42-6)32(5)36(29-41)54-39/h12-13,15-16,27,30,33H,8-11,14,17-26,28H2,1-5,7H3/b13-12+,44-43?. The number of nitrogens with zero attached hydrogens (tertiary/aromatic N) is 5. The van der Waals surface area contributed by atoms with E-state index >= 15 is 0 Å². The van der Waals surface area contributed by atoms with Crippen LogP contribution in [0.3, 0.4) is 0 Å². The highest BCUT2D eigenvalue weighted by molar-refractivity contribution is 7.17. The molecule has 2 aromatic rings. The molecular weight excluding hydrogens is 711 g/mol. The SMILES string of the molecule is [C-]#[N+]c1c(N=Nc2ccc(N(CCOCCOCCOCCOCCOC(=O)CC(C/C=C/CCCCC)C(=O)OC)C(C)C)cc2C)sc(C#N)c1C. The van der Waals surface area contributed by atoms with Crippen LogP contribution >= 0.6 is 11.3 Å². The number of rotatable bonds is 28. The second-order valence-corrected chi connectivity index (χ2v) is 13.7. The lowest BCUT2D eigenvalue weighted by molar-refractivity contribution is -0.154. The highest BCUT2D eigenvalue weighted by atomic mass is 32.1. The molecule has 1 atom stereocenters. The third kappa shape index (κ3) is 17.3. The number of anilines is 1. The zero-order valence-corrected chi connectivity index (χ0v) is 33.6. The maximum atomic E-state index is 12.2. The molecule has 0 bridgehead atoms. The number of aryl methyl sites for hydroxylation is 1. The zero-order valence-electron chi connectivity index (χ0n) is 32.8. The van der Waals surface area contributed by atoms with Gasteiger partial charge in [0, 0.05) is 18.3 Å². The number of methoxy groups -OCH3 is 1. The molecule has 0 amide bonds. The van der Waals surface area contributed by atoms with E-state index in [0.29, 0.717) is 86.0 Å². The monoisotopic (exact) mass is 767 g/mol. The minimum Gasteiger partial charge on any atom is -0.469 e.